The van der Waals surface area contributed by atoms with Gasteiger partial charge in [-0.1, -0.05) is 0 Å². The fourth-order valence-electron chi connectivity index (χ4n) is 1.35. The largest absolute Gasteiger partial charge is 0.508 e. The highest BCUT2D eigenvalue weighted by Crippen LogP contribution is 2.44. The van der Waals surface area contributed by atoms with E-state index in [4.69, 9.17) is 5.11 Å². The number of rotatable bonds is 2. The van der Waals surface area contributed by atoms with Crippen LogP contribution in [0.1, 0.15) is 5.56 Å². The van der Waals surface area contributed by atoms with Gasteiger partial charge in [0.2, 0.25) is 0 Å². The van der Waals surface area contributed by atoms with Crippen molar-refractivity contribution in [3.63, 3.8) is 0 Å². The summed E-state index contributed by atoms with van der Waals surface area (Å²) in [6, 6.07) is 1.93. The number of benzene rings is 1. The lowest BCUT2D eigenvalue weighted by atomic mass is 9.92. The number of carbonyl (C=O) groups is 1. The average Bonchev–Trinajstić information content (AvgIpc) is 2.25. The van der Waals surface area contributed by atoms with Gasteiger partial charge < -0.3 is 20.1 Å². The lowest BCUT2D eigenvalue weighted by Crippen LogP contribution is -2.49. The van der Waals surface area contributed by atoms with Gasteiger partial charge in [0.1, 0.15) is 11.5 Å². The lowest BCUT2D eigenvalue weighted by molar-refractivity contribution is -0.267. The molecule has 0 spiro atoms. The van der Waals surface area contributed by atoms with Crippen LogP contribution in [0.3, 0.4) is 0 Å². The Morgan fingerprint density at radius 1 is 1.28 bits per heavy atom. The summed E-state index contributed by atoms with van der Waals surface area (Å²) in [5.41, 5.74) is -5.13. The van der Waals surface area contributed by atoms with Crippen molar-refractivity contribution in [3.8, 4) is 11.5 Å². The van der Waals surface area contributed by atoms with Gasteiger partial charge >= 0.3 is 12.1 Å². The van der Waals surface area contributed by atoms with Crippen LogP contribution in [0.25, 0.3) is 0 Å². The first kappa shape index (κ1) is 14.1. The van der Waals surface area contributed by atoms with Crippen molar-refractivity contribution < 1.29 is 38.0 Å². The molecule has 0 heterocycles. The molecule has 0 saturated heterocycles. The fourth-order valence-corrected chi connectivity index (χ4v) is 1.35. The molecule has 100 valence electrons. The summed E-state index contributed by atoms with van der Waals surface area (Å²) in [6.07, 6.45) is -5.39. The normalized spacial score (nSPS) is 14.9. The van der Waals surface area contributed by atoms with Crippen molar-refractivity contribution in [2.45, 2.75) is 11.8 Å². The summed E-state index contributed by atoms with van der Waals surface area (Å²) in [5, 5.41) is 27.8. The molecule has 8 heteroatoms. The highest BCUT2D eigenvalue weighted by atomic mass is 19.4. The van der Waals surface area contributed by atoms with Crippen molar-refractivity contribution in [3.05, 3.63) is 23.8 Å². The fraction of sp³-hybridized carbons (Fsp3) is 0.300. The summed E-state index contributed by atoms with van der Waals surface area (Å²) >= 11 is 0. The molecule has 1 atom stereocenters. The third kappa shape index (κ3) is 2.06. The maximum absolute atomic E-state index is 12.8. The van der Waals surface area contributed by atoms with E-state index < -0.39 is 34.8 Å². The van der Waals surface area contributed by atoms with Crippen molar-refractivity contribution in [1.82, 2.24) is 0 Å². The Hall–Kier alpha value is -1.96. The number of ether oxygens (including phenoxy) is 1. The number of hydrogen-bond donors (Lipinski definition) is 3. The summed E-state index contributed by atoms with van der Waals surface area (Å²) in [5.74, 6) is -3.60. The van der Waals surface area contributed by atoms with E-state index in [1.165, 1.54) is 0 Å². The van der Waals surface area contributed by atoms with Crippen molar-refractivity contribution in [1.29, 1.82) is 0 Å². The number of hydrogen-bond acceptors (Lipinski definition) is 5. The van der Waals surface area contributed by atoms with Crippen molar-refractivity contribution in [2.75, 3.05) is 7.11 Å². The molecule has 0 unspecified atom stereocenters. The topological polar surface area (TPSA) is 87.0 Å². The van der Waals surface area contributed by atoms with Crippen LogP contribution < -0.4 is 0 Å². The number of esters is 1. The van der Waals surface area contributed by atoms with E-state index in [1.807, 2.05) is 0 Å². The number of aromatic hydroxyl groups is 2. The maximum atomic E-state index is 12.8. The molecule has 0 amide bonds. The Morgan fingerprint density at radius 3 is 2.22 bits per heavy atom. The molecular weight excluding hydrogens is 257 g/mol. The van der Waals surface area contributed by atoms with Crippen LogP contribution in [0.4, 0.5) is 13.2 Å². The van der Waals surface area contributed by atoms with Crippen LogP contribution in [-0.4, -0.2) is 34.6 Å². The SMILES string of the molecule is COC(=O)[C@@](O)(c1ccc(O)cc1O)C(F)(F)F. The highest BCUT2D eigenvalue weighted by molar-refractivity contribution is 5.83. The smallest absolute Gasteiger partial charge is 0.432 e. The molecule has 0 fully saturated rings. The minimum atomic E-state index is -5.39. The van der Waals surface area contributed by atoms with Gasteiger partial charge in [0, 0.05) is 11.6 Å². The molecular formula is C10H9F3O5. The Bertz CT molecular complexity index is 471. The molecule has 1 rings (SSSR count). The van der Waals surface area contributed by atoms with Gasteiger partial charge in [0.05, 0.1) is 7.11 Å². The zero-order chi connectivity index (χ0) is 14.1. The van der Waals surface area contributed by atoms with Gasteiger partial charge in [-0.3, -0.25) is 0 Å². The standard InChI is InChI=1S/C10H9F3O5/c1-18-8(16)9(17,10(11,12)13)6-3-2-5(14)4-7(6)15/h2-4,14-15,17H,1H3/t9-/m0/s1. The minimum Gasteiger partial charge on any atom is -0.508 e. The van der Waals surface area contributed by atoms with Crippen LogP contribution >= 0.6 is 0 Å². The Kier molecular flexibility index (Phi) is 3.43. The van der Waals surface area contributed by atoms with Crippen molar-refractivity contribution >= 4 is 5.97 Å². The summed E-state index contributed by atoms with van der Waals surface area (Å²) < 4.78 is 42.2. The number of halogens is 3. The molecule has 1 aromatic carbocycles. The van der Waals surface area contributed by atoms with Gasteiger partial charge in [-0.05, 0) is 12.1 Å². The van der Waals surface area contributed by atoms with E-state index in [0.717, 1.165) is 6.07 Å². The third-order valence-corrected chi connectivity index (χ3v) is 2.26. The number of methoxy groups -OCH3 is 1. The summed E-state index contributed by atoms with van der Waals surface area (Å²) in [7, 11) is 0.663. The molecule has 18 heavy (non-hydrogen) atoms. The van der Waals surface area contributed by atoms with E-state index in [0.29, 0.717) is 19.2 Å². The number of phenols is 2. The van der Waals surface area contributed by atoms with Crippen LogP contribution in [0.2, 0.25) is 0 Å². The predicted molar refractivity (Wildman–Crippen MR) is 51.7 cm³/mol. The average molecular weight is 266 g/mol. The second kappa shape index (κ2) is 4.37. The predicted octanol–water partition coefficient (Wildman–Crippen LogP) is 1.02. The van der Waals surface area contributed by atoms with E-state index in [2.05, 4.69) is 4.74 Å². The zero-order valence-corrected chi connectivity index (χ0v) is 9.02. The van der Waals surface area contributed by atoms with Gasteiger partial charge in [-0.2, -0.15) is 13.2 Å². The van der Waals surface area contributed by atoms with Gasteiger partial charge in [0.25, 0.3) is 5.60 Å². The molecule has 0 saturated carbocycles. The van der Waals surface area contributed by atoms with Crippen LogP contribution in [-0.2, 0) is 15.1 Å². The maximum Gasteiger partial charge on any atom is 0.432 e. The second-order valence-electron chi connectivity index (χ2n) is 3.40. The Balaban J connectivity index is 3.50. The highest BCUT2D eigenvalue weighted by Gasteiger charge is 2.63. The third-order valence-electron chi connectivity index (χ3n) is 2.26. The lowest BCUT2D eigenvalue weighted by Gasteiger charge is -2.28. The zero-order valence-electron chi connectivity index (χ0n) is 9.02. The van der Waals surface area contributed by atoms with Gasteiger partial charge in [-0.25, -0.2) is 4.79 Å². The second-order valence-corrected chi connectivity index (χ2v) is 3.40. The number of carbonyl (C=O) groups excluding carboxylic acids is 1. The molecule has 0 aliphatic carbocycles. The van der Waals surface area contributed by atoms with Crippen LogP contribution in [0.15, 0.2) is 18.2 Å². The molecule has 3 N–H and O–H groups in total. The minimum absolute atomic E-state index is 0.523. The number of phenolic OH excluding ortho intramolecular Hbond substituents is 2. The van der Waals surface area contributed by atoms with Gasteiger partial charge in [0.15, 0.2) is 0 Å². The van der Waals surface area contributed by atoms with E-state index >= 15 is 0 Å². The molecule has 0 aromatic heterocycles. The monoisotopic (exact) mass is 266 g/mol. The quantitative estimate of drug-likeness (QED) is 0.696. The van der Waals surface area contributed by atoms with Gasteiger partial charge in [-0.15, -0.1) is 0 Å². The summed E-state index contributed by atoms with van der Waals surface area (Å²) in [4.78, 5) is 11.2. The molecule has 5 nitrogen and oxygen atoms in total. The Labute approximate surface area is 99.0 Å². The first-order valence-electron chi connectivity index (χ1n) is 4.54. The molecule has 1 aromatic rings. The van der Waals surface area contributed by atoms with E-state index in [9.17, 15) is 28.2 Å². The van der Waals surface area contributed by atoms with Crippen molar-refractivity contribution in [2.24, 2.45) is 0 Å². The molecule has 0 aliphatic heterocycles. The van der Waals surface area contributed by atoms with E-state index in [1.54, 1.807) is 0 Å². The Morgan fingerprint density at radius 2 is 1.83 bits per heavy atom. The first-order valence-corrected chi connectivity index (χ1v) is 4.54. The number of aliphatic hydroxyl groups is 1. The molecule has 0 aliphatic rings. The first-order chi connectivity index (χ1) is 8.14. The summed E-state index contributed by atoms with van der Waals surface area (Å²) in [6.45, 7) is 0. The molecule has 0 bridgehead atoms. The number of alkyl halides is 3. The van der Waals surface area contributed by atoms with Crippen LogP contribution in [0.5, 0.6) is 11.5 Å². The van der Waals surface area contributed by atoms with Crippen LogP contribution in [0, 0.1) is 0 Å². The molecule has 0 radical (unpaired) electrons. The van der Waals surface area contributed by atoms with E-state index in [-0.39, 0.29) is 0 Å².